The number of hydrogen-bond acceptors (Lipinski definition) is 5. The highest BCUT2D eigenvalue weighted by molar-refractivity contribution is 8.00. The number of Topliss-reactive ketones (excluding diaryl/α,β-unsaturated/α-hetero) is 1. The van der Waals surface area contributed by atoms with Gasteiger partial charge in [-0.2, -0.15) is 0 Å². The molecule has 0 unspecified atom stereocenters. The molecule has 5 nitrogen and oxygen atoms in total. The minimum Gasteiger partial charge on any atom is -0.464 e. The highest BCUT2D eigenvalue weighted by Gasteiger charge is 2.59. The minimum absolute atomic E-state index is 0.168. The van der Waals surface area contributed by atoms with Crippen LogP contribution in [0.5, 0.6) is 0 Å². The lowest BCUT2D eigenvalue weighted by atomic mass is 9.88. The standard InChI is InChI=1S/C15H15NO4S/c1-2-20-15(19)10-8-21-14-11(13(18)16(10)14)12(17)9-6-4-3-5-7-9/h3-7,10-11,14H,2,8H2,1H3/t10-,11+,14-/m0/s1. The SMILES string of the molecule is CCOC(=O)[C@@H]1CS[C@H]2[C@H](C(=O)c3ccccc3)C(=O)N12. The number of β-lactam (4-membered cyclic amide) rings is 1. The molecule has 0 aliphatic carbocycles. The summed E-state index contributed by atoms with van der Waals surface area (Å²) >= 11 is 1.47. The number of carbonyl (C=O) groups is 3. The Labute approximate surface area is 126 Å². The van der Waals surface area contributed by atoms with Gasteiger partial charge in [-0.15, -0.1) is 11.8 Å². The van der Waals surface area contributed by atoms with Gasteiger partial charge in [0, 0.05) is 11.3 Å². The molecule has 21 heavy (non-hydrogen) atoms. The van der Waals surface area contributed by atoms with Crippen molar-refractivity contribution in [3.05, 3.63) is 35.9 Å². The van der Waals surface area contributed by atoms with E-state index in [9.17, 15) is 14.4 Å². The number of rotatable bonds is 4. The van der Waals surface area contributed by atoms with Crippen LogP contribution >= 0.6 is 11.8 Å². The molecular weight excluding hydrogens is 290 g/mol. The largest absolute Gasteiger partial charge is 0.464 e. The molecule has 1 amide bonds. The van der Waals surface area contributed by atoms with Gasteiger partial charge < -0.3 is 9.64 Å². The van der Waals surface area contributed by atoms with Gasteiger partial charge in [0.1, 0.15) is 12.0 Å². The van der Waals surface area contributed by atoms with E-state index in [2.05, 4.69) is 0 Å². The maximum atomic E-state index is 12.4. The lowest BCUT2D eigenvalue weighted by Crippen LogP contribution is -2.63. The average Bonchev–Trinajstić information content (AvgIpc) is 2.88. The maximum Gasteiger partial charge on any atom is 0.329 e. The molecule has 2 aliphatic rings. The number of ketones is 1. The Morgan fingerprint density at radius 3 is 2.71 bits per heavy atom. The fourth-order valence-corrected chi connectivity index (χ4v) is 4.23. The number of hydrogen-bond donors (Lipinski definition) is 0. The molecule has 2 heterocycles. The summed E-state index contributed by atoms with van der Waals surface area (Å²) in [7, 11) is 0. The van der Waals surface area contributed by atoms with Crippen LogP contribution in [0.4, 0.5) is 0 Å². The van der Waals surface area contributed by atoms with Gasteiger partial charge in [-0.1, -0.05) is 30.3 Å². The van der Waals surface area contributed by atoms with Crippen LogP contribution in [0.3, 0.4) is 0 Å². The first kappa shape index (κ1) is 14.1. The fraction of sp³-hybridized carbons (Fsp3) is 0.400. The van der Waals surface area contributed by atoms with Crippen molar-refractivity contribution in [1.29, 1.82) is 0 Å². The van der Waals surface area contributed by atoms with Crippen LogP contribution in [0.1, 0.15) is 17.3 Å². The van der Waals surface area contributed by atoms with Crippen LogP contribution < -0.4 is 0 Å². The molecule has 3 atom stereocenters. The fourth-order valence-electron chi connectivity index (χ4n) is 2.71. The topological polar surface area (TPSA) is 63.7 Å². The van der Waals surface area contributed by atoms with E-state index in [4.69, 9.17) is 4.74 Å². The average molecular weight is 305 g/mol. The Hall–Kier alpha value is -1.82. The zero-order valence-electron chi connectivity index (χ0n) is 11.5. The molecule has 0 spiro atoms. The molecule has 0 saturated carbocycles. The number of nitrogens with zero attached hydrogens (tertiary/aromatic N) is 1. The lowest BCUT2D eigenvalue weighted by molar-refractivity contribution is -0.162. The minimum atomic E-state index is -0.670. The van der Waals surface area contributed by atoms with E-state index in [1.165, 1.54) is 16.7 Å². The summed E-state index contributed by atoms with van der Waals surface area (Å²) in [6, 6.07) is 8.25. The van der Waals surface area contributed by atoms with Gasteiger partial charge in [0.2, 0.25) is 5.91 Å². The van der Waals surface area contributed by atoms with Crippen LogP contribution in [0.25, 0.3) is 0 Å². The van der Waals surface area contributed by atoms with Crippen molar-refractivity contribution in [3.63, 3.8) is 0 Å². The van der Waals surface area contributed by atoms with E-state index >= 15 is 0 Å². The predicted octanol–water partition coefficient (Wildman–Crippen LogP) is 1.33. The van der Waals surface area contributed by atoms with Crippen molar-refractivity contribution in [2.75, 3.05) is 12.4 Å². The molecule has 2 fully saturated rings. The van der Waals surface area contributed by atoms with Crippen LogP contribution in [0, 0.1) is 5.92 Å². The van der Waals surface area contributed by atoms with Crippen molar-refractivity contribution in [2.24, 2.45) is 5.92 Å². The molecule has 2 aliphatic heterocycles. The van der Waals surface area contributed by atoms with Crippen LogP contribution in [0.15, 0.2) is 30.3 Å². The Balaban J connectivity index is 1.74. The van der Waals surface area contributed by atoms with Crippen molar-refractivity contribution < 1.29 is 19.1 Å². The van der Waals surface area contributed by atoms with Crippen molar-refractivity contribution in [1.82, 2.24) is 4.90 Å². The number of amides is 1. The first-order valence-corrected chi connectivity index (χ1v) is 7.89. The Kier molecular flexibility index (Phi) is 3.71. The van der Waals surface area contributed by atoms with Gasteiger partial charge in [-0.3, -0.25) is 9.59 Å². The van der Waals surface area contributed by atoms with Crippen LogP contribution in [0.2, 0.25) is 0 Å². The van der Waals surface area contributed by atoms with E-state index in [0.717, 1.165) is 0 Å². The summed E-state index contributed by atoms with van der Waals surface area (Å²) < 4.78 is 4.98. The molecule has 0 radical (unpaired) electrons. The lowest BCUT2D eigenvalue weighted by Gasteiger charge is -2.42. The number of fused-ring (bicyclic) bond motifs is 1. The summed E-state index contributed by atoms with van der Waals surface area (Å²) in [5, 5.41) is -0.236. The molecule has 1 aromatic rings. The first-order valence-electron chi connectivity index (χ1n) is 6.84. The molecule has 3 rings (SSSR count). The summed E-state index contributed by atoms with van der Waals surface area (Å²) in [5.41, 5.74) is 0.538. The highest BCUT2D eigenvalue weighted by atomic mass is 32.2. The maximum absolute atomic E-state index is 12.4. The number of thioether (sulfide) groups is 1. The molecule has 110 valence electrons. The number of carbonyl (C=O) groups excluding carboxylic acids is 3. The number of benzene rings is 1. The van der Waals surface area contributed by atoms with Crippen LogP contribution in [-0.4, -0.2) is 46.3 Å². The third kappa shape index (κ3) is 2.23. The quantitative estimate of drug-likeness (QED) is 0.363. The van der Waals surface area contributed by atoms with E-state index in [0.29, 0.717) is 17.9 Å². The van der Waals surface area contributed by atoms with Crippen molar-refractivity contribution >= 4 is 29.4 Å². The van der Waals surface area contributed by atoms with Crippen molar-refractivity contribution in [3.8, 4) is 0 Å². The second-order valence-electron chi connectivity index (χ2n) is 4.95. The van der Waals surface area contributed by atoms with E-state index in [1.54, 1.807) is 31.2 Å². The van der Waals surface area contributed by atoms with E-state index < -0.39 is 12.0 Å². The highest BCUT2D eigenvalue weighted by Crippen LogP contribution is 2.45. The second kappa shape index (κ2) is 5.52. The normalized spacial score (nSPS) is 27.0. The summed E-state index contributed by atoms with van der Waals surface area (Å²) in [4.78, 5) is 38.0. The molecule has 1 aromatic carbocycles. The summed E-state index contributed by atoms with van der Waals surface area (Å²) in [5.74, 6) is -0.993. The summed E-state index contributed by atoms with van der Waals surface area (Å²) in [6.07, 6.45) is 0. The van der Waals surface area contributed by atoms with Crippen molar-refractivity contribution in [2.45, 2.75) is 18.3 Å². The van der Waals surface area contributed by atoms with Gasteiger partial charge in [0.05, 0.1) is 12.0 Å². The van der Waals surface area contributed by atoms with Gasteiger partial charge >= 0.3 is 5.97 Å². The van der Waals surface area contributed by atoms with E-state index in [-0.39, 0.29) is 23.0 Å². The second-order valence-corrected chi connectivity index (χ2v) is 6.09. The van der Waals surface area contributed by atoms with Gasteiger partial charge in [0.15, 0.2) is 5.78 Å². The third-order valence-electron chi connectivity index (χ3n) is 3.74. The van der Waals surface area contributed by atoms with Gasteiger partial charge in [-0.25, -0.2) is 4.79 Å². The molecule has 6 heteroatoms. The molecule has 2 saturated heterocycles. The summed E-state index contributed by atoms with van der Waals surface area (Å²) in [6.45, 7) is 2.02. The van der Waals surface area contributed by atoms with Gasteiger partial charge in [0.25, 0.3) is 0 Å². The number of ether oxygens (including phenoxy) is 1. The first-order chi connectivity index (χ1) is 10.1. The zero-order chi connectivity index (χ0) is 15.0. The van der Waals surface area contributed by atoms with E-state index in [1.807, 2.05) is 6.07 Å². The Bertz CT molecular complexity index is 589. The molecular formula is C15H15NO4S. The number of esters is 1. The monoisotopic (exact) mass is 305 g/mol. The molecule has 0 bridgehead atoms. The predicted molar refractivity (Wildman–Crippen MR) is 77.8 cm³/mol. The third-order valence-corrected chi connectivity index (χ3v) is 5.09. The Morgan fingerprint density at radius 1 is 1.33 bits per heavy atom. The molecule has 0 aromatic heterocycles. The smallest absolute Gasteiger partial charge is 0.329 e. The Morgan fingerprint density at radius 2 is 2.05 bits per heavy atom. The zero-order valence-corrected chi connectivity index (χ0v) is 12.3. The molecule has 0 N–H and O–H groups in total. The van der Waals surface area contributed by atoms with Crippen LogP contribution in [-0.2, 0) is 14.3 Å². The van der Waals surface area contributed by atoms with Gasteiger partial charge in [-0.05, 0) is 6.92 Å².